The molecule has 36 heavy (non-hydrogen) atoms. The fraction of sp³-hybridized carbons (Fsp3) is 0.214. The third-order valence-electron chi connectivity index (χ3n) is 6.15. The minimum Gasteiger partial charge on any atom is -0.465 e. The van der Waals surface area contributed by atoms with Crippen LogP contribution in [0.4, 0.5) is 10.7 Å². The molecule has 1 amide bonds. The average molecular weight is 500 g/mol. The Labute approximate surface area is 212 Å². The van der Waals surface area contributed by atoms with E-state index < -0.39 is 0 Å². The van der Waals surface area contributed by atoms with E-state index in [9.17, 15) is 9.59 Å². The Bertz CT molecular complexity index is 1450. The number of aryl methyl sites for hydroxylation is 2. The molecule has 1 N–H and O–H groups in total. The number of thiophene rings is 1. The molecule has 0 bridgehead atoms. The zero-order valence-electron chi connectivity index (χ0n) is 20.0. The number of carbonyl (C=O) groups is 2. The number of aliphatic imine (C=N–C) groups is 1. The van der Waals surface area contributed by atoms with Gasteiger partial charge in [0.05, 0.1) is 36.3 Å². The van der Waals surface area contributed by atoms with Gasteiger partial charge >= 0.3 is 5.97 Å². The molecule has 8 heteroatoms. The topological polar surface area (TPSA) is 93.8 Å². The Morgan fingerprint density at radius 2 is 2.03 bits per heavy atom. The summed E-state index contributed by atoms with van der Waals surface area (Å²) in [4.78, 5) is 35.0. The first kappa shape index (κ1) is 23.7. The number of rotatable bonds is 6. The van der Waals surface area contributed by atoms with Crippen LogP contribution in [-0.4, -0.2) is 30.2 Å². The molecular weight excluding hydrogens is 474 g/mol. The summed E-state index contributed by atoms with van der Waals surface area (Å²) in [6, 6.07) is 12.7. The van der Waals surface area contributed by atoms with Gasteiger partial charge in [-0.15, -0.1) is 11.3 Å². The number of methoxy groups -OCH3 is 1. The molecular formula is C28H25N3O4S. The van der Waals surface area contributed by atoms with Crippen molar-refractivity contribution in [1.82, 2.24) is 4.98 Å². The maximum Gasteiger partial charge on any atom is 0.337 e. The van der Waals surface area contributed by atoms with Crippen molar-refractivity contribution in [2.75, 3.05) is 12.4 Å². The number of nitrogens with zero attached hydrogens (tertiary/aromatic N) is 2. The van der Waals surface area contributed by atoms with Gasteiger partial charge in [-0.1, -0.05) is 6.07 Å². The van der Waals surface area contributed by atoms with Crippen LogP contribution < -0.4 is 5.32 Å². The van der Waals surface area contributed by atoms with E-state index in [0.717, 1.165) is 42.4 Å². The van der Waals surface area contributed by atoms with Crippen molar-refractivity contribution in [3.8, 4) is 11.3 Å². The minimum atomic E-state index is -0.376. The third-order valence-corrected chi connectivity index (χ3v) is 7.35. The Balaban J connectivity index is 1.41. The van der Waals surface area contributed by atoms with E-state index in [1.807, 2.05) is 31.2 Å². The molecule has 7 nitrogen and oxygen atoms in total. The van der Waals surface area contributed by atoms with Crippen molar-refractivity contribution in [1.29, 1.82) is 0 Å². The van der Waals surface area contributed by atoms with Crippen molar-refractivity contribution < 1.29 is 18.7 Å². The van der Waals surface area contributed by atoms with Crippen molar-refractivity contribution in [2.24, 2.45) is 4.99 Å². The lowest BCUT2D eigenvalue weighted by atomic mass is 9.95. The lowest BCUT2D eigenvalue weighted by Crippen LogP contribution is -2.14. The Morgan fingerprint density at radius 1 is 1.17 bits per heavy atom. The quantitative estimate of drug-likeness (QED) is 0.245. The van der Waals surface area contributed by atoms with Crippen LogP contribution in [0.1, 0.15) is 55.3 Å². The molecule has 0 fully saturated rings. The zero-order chi connectivity index (χ0) is 25.1. The first-order valence-corrected chi connectivity index (χ1v) is 12.5. The summed E-state index contributed by atoms with van der Waals surface area (Å²) in [5.41, 5.74) is 4.65. The smallest absolute Gasteiger partial charge is 0.337 e. The van der Waals surface area contributed by atoms with Gasteiger partial charge in [-0.05, 0) is 80.1 Å². The van der Waals surface area contributed by atoms with E-state index in [-0.39, 0.29) is 11.9 Å². The molecule has 0 atom stereocenters. The molecule has 0 saturated carbocycles. The molecule has 182 valence electrons. The molecule has 0 spiro atoms. The van der Waals surface area contributed by atoms with Crippen LogP contribution >= 0.6 is 11.3 Å². The first-order valence-electron chi connectivity index (χ1n) is 11.7. The average Bonchev–Trinajstić information content (AvgIpc) is 3.52. The number of carbonyl (C=O) groups excluding carboxylic acids is 2. The molecule has 0 unspecified atom stereocenters. The number of anilines is 1. The van der Waals surface area contributed by atoms with E-state index in [1.165, 1.54) is 12.0 Å². The van der Waals surface area contributed by atoms with Gasteiger partial charge in [0.1, 0.15) is 16.5 Å². The van der Waals surface area contributed by atoms with Crippen LogP contribution in [0.2, 0.25) is 0 Å². The van der Waals surface area contributed by atoms with E-state index in [4.69, 9.17) is 9.15 Å². The number of nitrogens with one attached hydrogen (secondary N) is 1. The summed E-state index contributed by atoms with van der Waals surface area (Å²) in [5.74, 6) is 0.701. The monoisotopic (exact) mass is 499 g/mol. The Hall–Kier alpha value is -4.04. The maximum absolute atomic E-state index is 13.2. The second-order valence-corrected chi connectivity index (χ2v) is 9.65. The number of esters is 1. The van der Waals surface area contributed by atoms with Crippen LogP contribution in [-0.2, 0) is 17.6 Å². The molecule has 1 aromatic carbocycles. The number of pyridine rings is 1. The molecule has 1 aliphatic rings. The van der Waals surface area contributed by atoms with Gasteiger partial charge in [-0.25, -0.2) is 9.79 Å². The second-order valence-electron chi connectivity index (χ2n) is 8.57. The predicted molar refractivity (Wildman–Crippen MR) is 141 cm³/mol. The number of aromatic nitrogens is 1. The number of amides is 1. The fourth-order valence-corrected chi connectivity index (χ4v) is 5.61. The molecule has 5 rings (SSSR count). The lowest BCUT2D eigenvalue weighted by Gasteiger charge is -2.12. The van der Waals surface area contributed by atoms with Crippen LogP contribution in [0.3, 0.4) is 0 Å². The zero-order valence-corrected chi connectivity index (χ0v) is 20.9. The van der Waals surface area contributed by atoms with E-state index in [0.29, 0.717) is 33.3 Å². The van der Waals surface area contributed by atoms with E-state index in [2.05, 4.69) is 15.3 Å². The number of benzene rings is 1. The number of furan rings is 1. The summed E-state index contributed by atoms with van der Waals surface area (Å²) in [5, 5.41) is 3.64. The molecule has 3 aromatic heterocycles. The molecule has 1 aliphatic carbocycles. The van der Waals surface area contributed by atoms with Gasteiger partial charge < -0.3 is 14.5 Å². The largest absolute Gasteiger partial charge is 0.465 e. The molecule has 0 radical (unpaired) electrons. The molecule has 4 aromatic rings. The summed E-state index contributed by atoms with van der Waals surface area (Å²) < 4.78 is 10.8. The van der Waals surface area contributed by atoms with Crippen LogP contribution in [0.25, 0.3) is 11.3 Å². The number of hydrogen-bond acceptors (Lipinski definition) is 7. The number of ether oxygens (including phenoxy) is 1. The highest BCUT2D eigenvalue weighted by molar-refractivity contribution is 7.16. The highest BCUT2D eigenvalue weighted by atomic mass is 32.1. The normalized spacial score (nSPS) is 12.9. The van der Waals surface area contributed by atoms with E-state index in [1.54, 1.807) is 48.1 Å². The Kier molecular flexibility index (Phi) is 6.77. The third kappa shape index (κ3) is 4.85. The molecule has 0 aliphatic heterocycles. The lowest BCUT2D eigenvalue weighted by molar-refractivity contribution is 0.0600. The summed E-state index contributed by atoms with van der Waals surface area (Å²) in [7, 11) is 1.36. The van der Waals surface area contributed by atoms with Gasteiger partial charge in [-0.2, -0.15) is 0 Å². The van der Waals surface area contributed by atoms with Gasteiger partial charge in [0, 0.05) is 16.6 Å². The van der Waals surface area contributed by atoms with Crippen LogP contribution in [0.5, 0.6) is 0 Å². The predicted octanol–water partition coefficient (Wildman–Crippen LogP) is 6.38. The summed E-state index contributed by atoms with van der Waals surface area (Å²) in [6.45, 7) is 1.92. The maximum atomic E-state index is 13.2. The van der Waals surface area contributed by atoms with Crippen LogP contribution in [0.15, 0.2) is 64.3 Å². The van der Waals surface area contributed by atoms with Crippen molar-refractivity contribution in [2.45, 2.75) is 32.6 Å². The standard InChI is InChI=1S/C28H25N3O4S/c1-17-14-18(28(33)34-2)9-11-21(17)23-12-10-20(35-23)16-30-27-25(22-7-3-4-8-24(22)36-27)26(32)31-19-6-5-13-29-15-19/h5-6,9-16H,3-4,7-8H2,1-2H3,(H,31,32). The van der Waals surface area contributed by atoms with Crippen molar-refractivity contribution in [3.63, 3.8) is 0 Å². The number of fused-ring (bicyclic) bond motifs is 1. The fourth-order valence-electron chi connectivity index (χ4n) is 4.38. The summed E-state index contributed by atoms with van der Waals surface area (Å²) >= 11 is 1.57. The van der Waals surface area contributed by atoms with Crippen LogP contribution in [0, 0.1) is 6.92 Å². The van der Waals surface area contributed by atoms with Crippen molar-refractivity contribution in [3.05, 3.63) is 87.7 Å². The second kappa shape index (κ2) is 10.3. The summed E-state index contributed by atoms with van der Waals surface area (Å²) in [6.07, 6.45) is 8.98. The van der Waals surface area contributed by atoms with Gasteiger partial charge in [-0.3, -0.25) is 9.78 Å². The minimum absolute atomic E-state index is 0.170. The SMILES string of the molecule is COC(=O)c1ccc(-c2ccc(C=Nc3sc4c(c3C(=O)Nc3cccnc3)CCCC4)o2)c(C)c1. The molecule has 3 heterocycles. The van der Waals surface area contributed by atoms with Crippen molar-refractivity contribution >= 4 is 40.1 Å². The Morgan fingerprint density at radius 3 is 2.81 bits per heavy atom. The highest BCUT2D eigenvalue weighted by Gasteiger charge is 2.25. The van der Waals surface area contributed by atoms with Gasteiger partial charge in [0.15, 0.2) is 0 Å². The van der Waals surface area contributed by atoms with Gasteiger partial charge in [0.2, 0.25) is 0 Å². The highest BCUT2D eigenvalue weighted by Crippen LogP contribution is 2.40. The van der Waals surface area contributed by atoms with Gasteiger partial charge in [0.25, 0.3) is 5.91 Å². The van der Waals surface area contributed by atoms with E-state index >= 15 is 0 Å². The molecule has 0 saturated heterocycles. The first-order chi connectivity index (χ1) is 17.5. The number of hydrogen-bond donors (Lipinski definition) is 1.